The molecule has 0 bridgehead atoms. The molecule has 0 unspecified atom stereocenters. The lowest BCUT2D eigenvalue weighted by Gasteiger charge is -2.21. The van der Waals surface area contributed by atoms with E-state index in [0.717, 1.165) is 4.90 Å². The van der Waals surface area contributed by atoms with Gasteiger partial charge in [0.25, 0.3) is 5.91 Å². The Morgan fingerprint density at radius 3 is 2.57 bits per heavy atom. The molecule has 0 aliphatic carbocycles. The van der Waals surface area contributed by atoms with Gasteiger partial charge in [-0.25, -0.2) is 9.07 Å². The van der Waals surface area contributed by atoms with Crippen molar-refractivity contribution in [3.63, 3.8) is 0 Å². The number of ether oxygens (including phenoxy) is 2. The maximum atomic E-state index is 14.2. The topological polar surface area (TPSA) is 82.5 Å². The van der Waals surface area contributed by atoms with Crippen LogP contribution in [-0.2, 0) is 0 Å². The zero-order chi connectivity index (χ0) is 21.3. The van der Waals surface area contributed by atoms with Crippen molar-refractivity contribution in [2.24, 2.45) is 0 Å². The molecular weight excluding hydrogens is 409 g/mol. The van der Waals surface area contributed by atoms with Crippen molar-refractivity contribution in [1.29, 1.82) is 0 Å². The van der Waals surface area contributed by atoms with Crippen LogP contribution in [0, 0.1) is 12.7 Å². The number of carbonyl (C=O) groups excluding carboxylic acids is 1. The van der Waals surface area contributed by atoms with Gasteiger partial charge >= 0.3 is 0 Å². The molecule has 0 spiro atoms. The summed E-state index contributed by atoms with van der Waals surface area (Å²) >= 11 is 1.41. The Hall–Kier alpha value is -3.33. The second kappa shape index (κ2) is 8.19. The number of hydrogen-bond donors (Lipinski definition) is 1. The van der Waals surface area contributed by atoms with Crippen molar-refractivity contribution in [1.82, 2.24) is 9.78 Å². The minimum atomic E-state index is -0.697. The molecule has 2 heterocycles. The van der Waals surface area contributed by atoms with Gasteiger partial charge in [0.2, 0.25) is 5.43 Å². The van der Waals surface area contributed by atoms with Crippen molar-refractivity contribution in [2.75, 3.05) is 24.8 Å². The predicted molar refractivity (Wildman–Crippen MR) is 112 cm³/mol. The highest BCUT2D eigenvalue weighted by atomic mass is 32.2. The standard InChI is InChI=1S/C21H18FN3O4S/c1-12-9-16(26)20(24-25(12)15-6-4-3-5-13(15)22)21(27)23-14-10-17-18(11-19(14)30-2)29-8-7-28-17/h3-6,9-11H,7-8H2,1-2H3,(H,23,27). The van der Waals surface area contributed by atoms with Gasteiger partial charge in [0.1, 0.15) is 24.7 Å². The van der Waals surface area contributed by atoms with E-state index in [-0.39, 0.29) is 11.4 Å². The number of aryl methyl sites for hydroxylation is 1. The van der Waals surface area contributed by atoms with Gasteiger partial charge in [-0.05, 0) is 31.4 Å². The van der Waals surface area contributed by atoms with Crippen LogP contribution in [0.2, 0.25) is 0 Å². The van der Waals surface area contributed by atoms with Crippen molar-refractivity contribution >= 4 is 23.4 Å². The minimum absolute atomic E-state index is 0.146. The van der Waals surface area contributed by atoms with E-state index in [4.69, 9.17) is 9.47 Å². The van der Waals surface area contributed by atoms with Gasteiger partial charge in [0, 0.05) is 22.7 Å². The summed E-state index contributed by atoms with van der Waals surface area (Å²) in [5.41, 5.74) is 0.126. The quantitative estimate of drug-likeness (QED) is 0.643. The van der Waals surface area contributed by atoms with Crippen LogP contribution in [0.15, 0.2) is 52.2 Å². The molecule has 2 aromatic carbocycles. The third-order valence-corrected chi connectivity index (χ3v) is 5.29. The van der Waals surface area contributed by atoms with Crippen LogP contribution in [0.1, 0.15) is 16.2 Å². The molecule has 4 rings (SSSR count). The number of fused-ring (bicyclic) bond motifs is 1. The predicted octanol–water partition coefficient (Wildman–Crippen LogP) is 3.43. The van der Waals surface area contributed by atoms with Crippen LogP contribution in [0.3, 0.4) is 0 Å². The number of carbonyl (C=O) groups is 1. The van der Waals surface area contributed by atoms with E-state index in [1.54, 1.807) is 31.2 Å². The van der Waals surface area contributed by atoms with E-state index in [2.05, 4.69) is 10.4 Å². The van der Waals surface area contributed by atoms with Gasteiger partial charge in [-0.3, -0.25) is 9.59 Å². The molecule has 1 amide bonds. The fourth-order valence-electron chi connectivity index (χ4n) is 3.09. The normalized spacial score (nSPS) is 12.5. The Labute approximate surface area is 175 Å². The van der Waals surface area contributed by atoms with E-state index in [1.807, 2.05) is 6.26 Å². The number of benzene rings is 2. The molecule has 1 aliphatic heterocycles. The van der Waals surface area contributed by atoms with E-state index < -0.39 is 17.2 Å². The smallest absolute Gasteiger partial charge is 0.280 e. The van der Waals surface area contributed by atoms with Gasteiger partial charge in [-0.1, -0.05) is 12.1 Å². The lowest BCUT2D eigenvalue weighted by atomic mass is 10.2. The largest absolute Gasteiger partial charge is 0.486 e. The highest BCUT2D eigenvalue weighted by Crippen LogP contribution is 2.39. The molecule has 1 aromatic heterocycles. The van der Waals surface area contributed by atoms with Gasteiger partial charge in [0.15, 0.2) is 17.2 Å². The molecule has 1 aliphatic rings. The molecule has 3 aromatic rings. The molecule has 154 valence electrons. The second-order valence-corrected chi connectivity index (χ2v) is 7.36. The lowest BCUT2D eigenvalue weighted by Crippen LogP contribution is -2.27. The third kappa shape index (κ3) is 3.76. The summed E-state index contributed by atoms with van der Waals surface area (Å²) in [5, 5.41) is 6.85. The minimum Gasteiger partial charge on any atom is -0.486 e. The summed E-state index contributed by atoms with van der Waals surface area (Å²) in [4.78, 5) is 26.1. The van der Waals surface area contributed by atoms with Crippen molar-refractivity contribution in [3.8, 4) is 17.2 Å². The summed E-state index contributed by atoms with van der Waals surface area (Å²) in [6, 6.07) is 10.7. The summed E-state index contributed by atoms with van der Waals surface area (Å²) < 4.78 is 26.6. The molecular formula is C21H18FN3O4S. The highest BCUT2D eigenvalue weighted by Gasteiger charge is 2.21. The van der Waals surface area contributed by atoms with E-state index >= 15 is 0 Å². The molecule has 30 heavy (non-hydrogen) atoms. The first kappa shape index (κ1) is 20.0. The average molecular weight is 427 g/mol. The molecule has 9 heteroatoms. The molecule has 7 nitrogen and oxygen atoms in total. The first-order valence-electron chi connectivity index (χ1n) is 9.13. The van der Waals surface area contributed by atoms with Crippen molar-refractivity contribution in [2.45, 2.75) is 11.8 Å². The Morgan fingerprint density at radius 2 is 1.87 bits per heavy atom. The van der Waals surface area contributed by atoms with E-state index in [1.165, 1.54) is 34.6 Å². The summed E-state index contributed by atoms with van der Waals surface area (Å²) in [6.45, 7) is 2.48. The van der Waals surface area contributed by atoms with E-state index in [0.29, 0.717) is 36.1 Å². The number of anilines is 1. The number of aromatic nitrogens is 2. The monoisotopic (exact) mass is 427 g/mol. The summed E-state index contributed by atoms with van der Waals surface area (Å²) in [6.07, 6.45) is 1.86. The molecule has 0 fully saturated rings. The lowest BCUT2D eigenvalue weighted by molar-refractivity contribution is 0.101. The molecule has 0 saturated carbocycles. The van der Waals surface area contributed by atoms with Crippen LogP contribution in [0.4, 0.5) is 10.1 Å². The fraction of sp³-hybridized carbons (Fsp3) is 0.190. The molecule has 1 N–H and O–H groups in total. The number of nitrogens with one attached hydrogen (secondary N) is 1. The van der Waals surface area contributed by atoms with Gasteiger partial charge in [-0.15, -0.1) is 11.8 Å². The second-order valence-electron chi connectivity index (χ2n) is 6.51. The zero-order valence-corrected chi connectivity index (χ0v) is 17.1. The average Bonchev–Trinajstić information content (AvgIpc) is 2.74. The van der Waals surface area contributed by atoms with Crippen molar-refractivity contribution < 1.29 is 18.7 Å². The number of halogens is 1. The van der Waals surface area contributed by atoms with Crippen LogP contribution in [0.25, 0.3) is 5.69 Å². The third-order valence-electron chi connectivity index (χ3n) is 4.52. The van der Waals surface area contributed by atoms with Crippen LogP contribution in [-0.4, -0.2) is 35.2 Å². The van der Waals surface area contributed by atoms with Gasteiger partial charge in [0.05, 0.1) is 5.69 Å². The maximum absolute atomic E-state index is 14.2. The van der Waals surface area contributed by atoms with E-state index in [9.17, 15) is 14.0 Å². The number of nitrogens with zero attached hydrogens (tertiary/aromatic N) is 2. The molecule has 0 atom stereocenters. The van der Waals surface area contributed by atoms with Crippen LogP contribution < -0.4 is 20.2 Å². The van der Waals surface area contributed by atoms with Crippen LogP contribution >= 0.6 is 11.8 Å². The first-order valence-corrected chi connectivity index (χ1v) is 10.4. The first-order chi connectivity index (χ1) is 14.5. The Morgan fingerprint density at radius 1 is 1.17 bits per heavy atom. The number of thioether (sulfide) groups is 1. The Balaban J connectivity index is 1.72. The Bertz CT molecular complexity index is 1200. The maximum Gasteiger partial charge on any atom is 0.280 e. The Kier molecular flexibility index (Phi) is 5.45. The van der Waals surface area contributed by atoms with Crippen molar-refractivity contribution in [3.05, 3.63) is 69.9 Å². The fourth-order valence-corrected chi connectivity index (χ4v) is 3.65. The summed E-state index contributed by atoms with van der Waals surface area (Å²) in [7, 11) is 0. The SMILES string of the molecule is CSc1cc2c(cc1NC(=O)c1nn(-c3ccccc3F)c(C)cc1=O)OCCO2. The highest BCUT2D eigenvalue weighted by molar-refractivity contribution is 7.98. The summed E-state index contributed by atoms with van der Waals surface area (Å²) in [5.74, 6) is -0.106. The van der Waals surface area contributed by atoms with Gasteiger partial charge in [-0.2, -0.15) is 5.10 Å². The number of hydrogen-bond acceptors (Lipinski definition) is 6. The van der Waals surface area contributed by atoms with Crippen LogP contribution in [0.5, 0.6) is 11.5 Å². The molecule has 0 radical (unpaired) electrons. The van der Waals surface area contributed by atoms with Gasteiger partial charge < -0.3 is 14.8 Å². The zero-order valence-electron chi connectivity index (χ0n) is 16.3. The molecule has 0 saturated heterocycles. The number of amides is 1. The number of para-hydroxylation sites is 1. The number of rotatable bonds is 4.